The van der Waals surface area contributed by atoms with Crippen LogP contribution in [0.4, 0.5) is 15.9 Å². The van der Waals surface area contributed by atoms with Crippen molar-refractivity contribution in [1.29, 1.82) is 0 Å². The van der Waals surface area contributed by atoms with Crippen molar-refractivity contribution in [2.24, 2.45) is 0 Å². The molecule has 0 radical (unpaired) electrons. The number of halogens is 2. The molecule has 5 aromatic rings. The average molecular weight is 592 g/mol. The minimum absolute atomic E-state index is 0.229. The van der Waals surface area contributed by atoms with Gasteiger partial charge in [-0.2, -0.15) is 0 Å². The number of ether oxygens (including phenoxy) is 2. The summed E-state index contributed by atoms with van der Waals surface area (Å²) in [5, 5.41) is 4.21. The third kappa shape index (κ3) is 4.94. The predicted molar refractivity (Wildman–Crippen MR) is 149 cm³/mol. The lowest BCUT2D eigenvalue weighted by atomic mass is 10.0. The summed E-state index contributed by atoms with van der Waals surface area (Å²) in [6, 6.07) is 20.5. The maximum atomic E-state index is 14.1. The van der Waals surface area contributed by atoms with E-state index < -0.39 is 0 Å². The second kappa shape index (κ2) is 10.4. The van der Waals surface area contributed by atoms with E-state index >= 15 is 0 Å². The maximum Gasteiger partial charge on any atom is 0.163 e. The van der Waals surface area contributed by atoms with Crippen molar-refractivity contribution in [3.63, 3.8) is 0 Å². The molecule has 0 fully saturated rings. The van der Waals surface area contributed by atoms with E-state index in [2.05, 4.69) is 32.9 Å². The van der Waals surface area contributed by atoms with Crippen LogP contribution in [-0.2, 0) is 4.43 Å². The Labute approximate surface area is 221 Å². The highest BCUT2D eigenvalue weighted by Crippen LogP contribution is 2.34. The Kier molecular flexibility index (Phi) is 6.95. The lowest BCUT2D eigenvalue weighted by molar-refractivity contribution is 0.394. The first-order chi connectivity index (χ1) is 17.6. The van der Waals surface area contributed by atoms with Gasteiger partial charge >= 0.3 is 0 Å². The van der Waals surface area contributed by atoms with Crippen molar-refractivity contribution in [3.8, 4) is 34.0 Å². The summed E-state index contributed by atoms with van der Waals surface area (Å²) < 4.78 is 25.6. The van der Waals surface area contributed by atoms with Crippen LogP contribution in [0.3, 0.4) is 0 Å². The number of nitrogens with zero attached hydrogens (tertiary/aromatic N) is 3. The highest BCUT2D eigenvalue weighted by molar-refractivity contribution is 14.1. The smallest absolute Gasteiger partial charge is 0.163 e. The van der Waals surface area contributed by atoms with Gasteiger partial charge in [-0.25, -0.2) is 14.4 Å². The van der Waals surface area contributed by atoms with Crippen LogP contribution in [0, 0.1) is 5.82 Å². The summed E-state index contributed by atoms with van der Waals surface area (Å²) in [5.41, 5.74) is 4.82. The molecule has 0 bridgehead atoms. The van der Waals surface area contributed by atoms with E-state index in [0.29, 0.717) is 33.1 Å². The Morgan fingerprint density at radius 2 is 1.67 bits per heavy atom. The summed E-state index contributed by atoms with van der Waals surface area (Å²) in [7, 11) is 3.25. The van der Waals surface area contributed by atoms with Crippen molar-refractivity contribution in [1.82, 2.24) is 15.0 Å². The lowest BCUT2D eigenvalue weighted by Gasteiger charge is -2.14. The second-order valence-electron chi connectivity index (χ2n) is 8.04. The van der Waals surface area contributed by atoms with Gasteiger partial charge in [-0.15, -0.1) is 0 Å². The Balaban J connectivity index is 1.67. The molecular weight excluding hydrogens is 570 g/mol. The van der Waals surface area contributed by atoms with E-state index in [0.717, 1.165) is 33.3 Å². The van der Waals surface area contributed by atoms with Gasteiger partial charge in [-0.1, -0.05) is 28.7 Å². The Morgan fingerprint density at radius 3 is 2.36 bits per heavy atom. The first-order valence-electron chi connectivity index (χ1n) is 11.1. The maximum absolute atomic E-state index is 14.1. The summed E-state index contributed by atoms with van der Waals surface area (Å²) in [5.74, 6) is 2.33. The van der Waals surface area contributed by atoms with Gasteiger partial charge in [0.25, 0.3) is 0 Å². The number of methoxy groups -OCH3 is 2. The van der Waals surface area contributed by atoms with Gasteiger partial charge in [-0.05, 0) is 71.3 Å². The number of benzene rings is 3. The molecule has 0 aliphatic carbocycles. The molecule has 0 saturated heterocycles. The third-order valence-electron chi connectivity index (χ3n) is 5.75. The fourth-order valence-corrected chi connectivity index (χ4v) is 4.48. The molecule has 0 aliphatic heterocycles. The predicted octanol–water partition coefficient (Wildman–Crippen LogP) is 7.19. The van der Waals surface area contributed by atoms with Gasteiger partial charge in [0.15, 0.2) is 5.82 Å². The van der Waals surface area contributed by atoms with Gasteiger partial charge in [0.2, 0.25) is 0 Å². The van der Waals surface area contributed by atoms with Gasteiger partial charge in [0.05, 0.1) is 19.7 Å². The molecule has 0 spiro atoms. The summed E-state index contributed by atoms with van der Waals surface area (Å²) in [6.45, 7) is 0. The molecule has 6 nitrogen and oxygen atoms in total. The number of anilines is 2. The van der Waals surface area contributed by atoms with Crippen LogP contribution in [0.2, 0.25) is 0 Å². The summed E-state index contributed by atoms with van der Waals surface area (Å²) >= 11 is 2.16. The Hall–Kier alpha value is -3.79. The van der Waals surface area contributed by atoms with E-state index in [1.807, 2.05) is 48.5 Å². The number of fused-ring (bicyclic) bond motifs is 1. The summed E-state index contributed by atoms with van der Waals surface area (Å²) in [6.07, 6.45) is 3.44. The van der Waals surface area contributed by atoms with E-state index in [1.54, 1.807) is 38.7 Å². The minimum Gasteiger partial charge on any atom is -0.497 e. The molecule has 0 unspecified atom stereocenters. The van der Waals surface area contributed by atoms with E-state index in [9.17, 15) is 4.39 Å². The van der Waals surface area contributed by atoms with Crippen molar-refractivity contribution in [3.05, 3.63) is 90.5 Å². The fourth-order valence-electron chi connectivity index (χ4n) is 3.89. The number of hydrogen-bond acceptors (Lipinski definition) is 6. The first-order valence-corrected chi connectivity index (χ1v) is 12.7. The molecular formula is C28H22FIN4O2. The number of alkyl halides is 1. The van der Waals surface area contributed by atoms with Crippen LogP contribution in [0.5, 0.6) is 11.5 Å². The molecule has 8 heteroatoms. The second-order valence-corrected chi connectivity index (χ2v) is 8.80. The van der Waals surface area contributed by atoms with Gasteiger partial charge in [0.1, 0.15) is 23.1 Å². The largest absolute Gasteiger partial charge is 0.497 e. The zero-order chi connectivity index (χ0) is 25.1. The molecule has 2 aromatic heterocycles. The topological polar surface area (TPSA) is 69.2 Å². The van der Waals surface area contributed by atoms with Crippen LogP contribution in [0.1, 0.15) is 5.56 Å². The van der Waals surface area contributed by atoms with E-state index in [4.69, 9.17) is 19.4 Å². The van der Waals surface area contributed by atoms with Crippen LogP contribution in [-0.4, -0.2) is 29.2 Å². The number of rotatable bonds is 7. The summed E-state index contributed by atoms with van der Waals surface area (Å²) in [4.78, 5) is 13.8. The molecule has 0 saturated carbocycles. The van der Waals surface area contributed by atoms with E-state index in [1.165, 1.54) is 6.07 Å². The van der Waals surface area contributed by atoms with Crippen LogP contribution in [0.25, 0.3) is 33.4 Å². The number of aromatic nitrogens is 3. The first kappa shape index (κ1) is 23.9. The zero-order valence-electron chi connectivity index (χ0n) is 19.6. The SMILES string of the molecule is COc1cc(OC)cc(-c2ccc3nc(-c4cccnc4)nc(Nc4ccc(F)c(CI)c4)c3c2)c1. The number of nitrogens with one attached hydrogen (secondary N) is 1. The average Bonchev–Trinajstić information content (AvgIpc) is 2.93. The molecule has 3 aromatic carbocycles. The van der Waals surface area contributed by atoms with Crippen molar-refractivity contribution in [2.75, 3.05) is 19.5 Å². The molecule has 0 atom stereocenters. The standard InChI is InChI=1S/C28H22FIN4O2/c1-35-22-11-19(12-23(14-22)36-2)17-5-8-26-24(13-17)28(32-21-6-7-25(29)20(10-21)15-30)34-27(33-26)18-4-3-9-31-16-18/h3-14,16H,15H2,1-2H3,(H,32,33,34). The molecule has 1 N–H and O–H groups in total. The van der Waals surface area contributed by atoms with Crippen LogP contribution >= 0.6 is 22.6 Å². The van der Waals surface area contributed by atoms with Gasteiger partial charge < -0.3 is 14.8 Å². The third-order valence-corrected chi connectivity index (χ3v) is 6.57. The van der Waals surface area contributed by atoms with Crippen LogP contribution < -0.4 is 14.8 Å². The van der Waals surface area contributed by atoms with Crippen molar-refractivity contribution in [2.45, 2.75) is 4.43 Å². The Morgan fingerprint density at radius 1 is 0.861 bits per heavy atom. The molecule has 5 rings (SSSR count). The molecule has 0 aliphatic rings. The zero-order valence-corrected chi connectivity index (χ0v) is 21.8. The Bertz CT molecular complexity index is 1520. The molecule has 0 amide bonds. The molecule has 180 valence electrons. The highest BCUT2D eigenvalue weighted by atomic mass is 127. The van der Waals surface area contributed by atoms with Gasteiger partial charge in [0, 0.05) is 39.5 Å². The van der Waals surface area contributed by atoms with Gasteiger partial charge in [-0.3, -0.25) is 4.98 Å². The minimum atomic E-state index is -0.229. The van der Waals surface area contributed by atoms with E-state index in [-0.39, 0.29) is 5.82 Å². The fraction of sp³-hybridized carbons (Fsp3) is 0.107. The molecule has 2 heterocycles. The monoisotopic (exact) mass is 592 g/mol. The normalized spacial score (nSPS) is 10.9. The highest BCUT2D eigenvalue weighted by Gasteiger charge is 2.13. The van der Waals surface area contributed by atoms with Crippen molar-refractivity contribution >= 4 is 45.0 Å². The number of pyridine rings is 1. The lowest BCUT2D eigenvalue weighted by Crippen LogP contribution is -2.01. The number of hydrogen-bond donors (Lipinski definition) is 1. The quantitative estimate of drug-likeness (QED) is 0.159. The molecule has 36 heavy (non-hydrogen) atoms. The van der Waals surface area contributed by atoms with Crippen molar-refractivity contribution < 1.29 is 13.9 Å². The van der Waals surface area contributed by atoms with Crippen LogP contribution in [0.15, 0.2) is 79.1 Å².